The highest BCUT2D eigenvalue weighted by molar-refractivity contribution is 5.79. The lowest BCUT2D eigenvalue weighted by atomic mass is 10.1. The van der Waals surface area contributed by atoms with Gasteiger partial charge < -0.3 is 19.7 Å². The fraction of sp³-hybridized carbons (Fsp3) is 0.611. The van der Waals surface area contributed by atoms with Crippen molar-refractivity contribution in [2.45, 2.75) is 26.1 Å². The zero-order valence-electron chi connectivity index (χ0n) is 15.2. The van der Waals surface area contributed by atoms with Crippen LogP contribution in [0.2, 0.25) is 0 Å². The van der Waals surface area contributed by atoms with Gasteiger partial charge in [-0.2, -0.15) is 13.2 Å². The van der Waals surface area contributed by atoms with E-state index in [2.05, 4.69) is 15.2 Å². The normalized spacial score (nSPS) is 18.0. The quantitative estimate of drug-likeness (QED) is 0.589. The van der Waals surface area contributed by atoms with Gasteiger partial charge in [0.15, 0.2) is 12.6 Å². The maximum Gasteiger partial charge on any atom is 0.422 e. The zero-order chi connectivity index (χ0) is 19.0. The number of rotatable bonds is 7. The van der Waals surface area contributed by atoms with Gasteiger partial charge in [-0.1, -0.05) is 12.1 Å². The van der Waals surface area contributed by atoms with Crippen LogP contribution in [0.5, 0.6) is 5.75 Å². The molecule has 146 valence electrons. The van der Waals surface area contributed by atoms with E-state index in [-0.39, 0.29) is 5.75 Å². The van der Waals surface area contributed by atoms with Gasteiger partial charge in [-0.15, -0.1) is 0 Å². The minimum absolute atomic E-state index is 0.195. The maximum atomic E-state index is 12.2. The fourth-order valence-corrected chi connectivity index (χ4v) is 2.69. The molecule has 1 saturated heterocycles. The third kappa shape index (κ3) is 7.11. The van der Waals surface area contributed by atoms with E-state index in [4.69, 9.17) is 9.47 Å². The molecule has 0 aliphatic carbocycles. The first-order valence-electron chi connectivity index (χ1n) is 8.73. The van der Waals surface area contributed by atoms with E-state index >= 15 is 0 Å². The summed E-state index contributed by atoms with van der Waals surface area (Å²) in [7, 11) is 1.99. The summed E-state index contributed by atoms with van der Waals surface area (Å²) in [6.07, 6.45) is -3.28. The monoisotopic (exact) mass is 373 g/mol. The molecule has 8 heteroatoms. The molecular weight excluding hydrogens is 347 g/mol. The van der Waals surface area contributed by atoms with Gasteiger partial charge in [0, 0.05) is 32.7 Å². The van der Waals surface area contributed by atoms with Crippen LogP contribution >= 0.6 is 0 Å². The van der Waals surface area contributed by atoms with Crippen molar-refractivity contribution in [2.24, 2.45) is 10.9 Å². The van der Waals surface area contributed by atoms with E-state index < -0.39 is 12.8 Å². The molecule has 1 aromatic carbocycles. The summed E-state index contributed by atoms with van der Waals surface area (Å²) >= 11 is 0. The van der Waals surface area contributed by atoms with Gasteiger partial charge in [0.2, 0.25) is 0 Å². The van der Waals surface area contributed by atoms with E-state index in [1.807, 2.05) is 14.0 Å². The minimum atomic E-state index is -4.33. The predicted molar refractivity (Wildman–Crippen MR) is 94.4 cm³/mol. The second-order valence-electron chi connectivity index (χ2n) is 6.33. The molecule has 0 amide bonds. The van der Waals surface area contributed by atoms with Crippen molar-refractivity contribution in [1.29, 1.82) is 0 Å². The van der Waals surface area contributed by atoms with Crippen LogP contribution in [0.1, 0.15) is 18.9 Å². The molecular formula is C18H26F3N3O2. The highest BCUT2D eigenvalue weighted by Gasteiger charge is 2.28. The summed E-state index contributed by atoms with van der Waals surface area (Å²) in [4.78, 5) is 6.70. The standard InChI is InChI=1S/C18H26F3N3O2/c1-3-22-17(24(2)11-15-8-9-25-12-15)23-10-14-4-6-16(7-5-14)26-13-18(19,20)21/h4-7,15H,3,8-13H2,1-2H3,(H,22,23). The molecule has 0 radical (unpaired) electrons. The molecule has 1 fully saturated rings. The van der Waals surface area contributed by atoms with E-state index in [1.54, 1.807) is 12.1 Å². The average Bonchev–Trinajstić information content (AvgIpc) is 3.10. The molecule has 1 aliphatic rings. The predicted octanol–water partition coefficient (Wildman–Crippen LogP) is 3.06. The molecule has 0 bridgehead atoms. The topological polar surface area (TPSA) is 46.1 Å². The summed E-state index contributed by atoms with van der Waals surface area (Å²) in [6, 6.07) is 6.51. The van der Waals surface area contributed by atoms with Gasteiger partial charge in [-0.25, -0.2) is 4.99 Å². The highest BCUT2D eigenvalue weighted by atomic mass is 19.4. The van der Waals surface area contributed by atoms with Crippen LogP contribution in [0, 0.1) is 5.92 Å². The van der Waals surface area contributed by atoms with Crippen molar-refractivity contribution < 1.29 is 22.6 Å². The number of halogens is 3. The third-order valence-corrected chi connectivity index (χ3v) is 3.99. The van der Waals surface area contributed by atoms with Crippen molar-refractivity contribution in [3.8, 4) is 5.75 Å². The molecule has 0 aromatic heterocycles. The number of guanidine groups is 1. The Bertz CT molecular complexity index is 570. The zero-order valence-corrected chi connectivity index (χ0v) is 15.2. The maximum absolute atomic E-state index is 12.2. The number of nitrogens with one attached hydrogen (secondary N) is 1. The lowest BCUT2D eigenvalue weighted by Crippen LogP contribution is -2.41. The van der Waals surface area contributed by atoms with Crippen LogP contribution in [0.15, 0.2) is 29.3 Å². The molecule has 1 heterocycles. The lowest BCUT2D eigenvalue weighted by Gasteiger charge is -2.24. The number of aliphatic imine (C=N–C) groups is 1. The molecule has 0 saturated carbocycles. The van der Waals surface area contributed by atoms with Crippen LogP contribution < -0.4 is 10.1 Å². The number of nitrogens with zero attached hydrogens (tertiary/aromatic N) is 2. The fourth-order valence-electron chi connectivity index (χ4n) is 2.69. The molecule has 1 aliphatic heterocycles. The summed E-state index contributed by atoms with van der Waals surface area (Å²) in [5.41, 5.74) is 0.900. The van der Waals surface area contributed by atoms with Gasteiger partial charge in [-0.3, -0.25) is 0 Å². The van der Waals surface area contributed by atoms with Crippen molar-refractivity contribution >= 4 is 5.96 Å². The van der Waals surface area contributed by atoms with Gasteiger partial charge in [0.25, 0.3) is 0 Å². The Labute approximate surface area is 152 Å². The minimum Gasteiger partial charge on any atom is -0.484 e. The van der Waals surface area contributed by atoms with Gasteiger partial charge in [0.1, 0.15) is 5.75 Å². The molecule has 5 nitrogen and oxygen atoms in total. The summed E-state index contributed by atoms with van der Waals surface area (Å²) in [5.74, 6) is 1.51. The Hall–Kier alpha value is -1.96. The van der Waals surface area contributed by atoms with Crippen molar-refractivity contribution in [3.63, 3.8) is 0 Å². The van der Waals surface area contributed by atoms with E-state index in [0.717, 1.165) is 44.2 Å². The van der Waals surface area contributed by atoms with Gasteiger partial charge in [-0.05, 0) is 31.0 Å². The van der Waals surface area contributed by atoms with Crippen LogP contribution in [0.4, 0.5) is 13.2 Å². The Morgan fingerprint density at radius 2 is 2.08 bits per heavy atom. The molecule has 2 rings (SSSR count). The molecule has 26 heavy (non-hydrogen) atoms. The van der Waals surface area contributed by atoms with Crippen molar-refractivity contribution in [2.75, 3.05) is 40.0 Å². The number of ether oxygens (including phenoxy) is 2. The summed E-state index contributed by atoms with van der Waals surface area (Å²) in [5, 5.41) is 3.26. The number of alkyl halides is 3. The van der Waals surface area contributed by atoms with Crippen molar-refractivity contribution in [3.05, 3.63) is 29.8 Å². The van der Waals surface area contributed by atoms with E-state index in [1.165, 1.54) is 12.1 Å². The molecule has 1 unspecified atom stereocenters. The number of hydrogen-bond acceptors (Lipinski definition) is 3. The number of benzene rings is 1. The molecule has 0 spiro atoms. The van der Waals surface area contributed by atoms with Crippen LogP contribution in [-0.2, 0) is 11.3 Å². The lowest BCUT2D eigenvalue weighted by molar-refractivity contribution is -0.153. The Balaban J connectivity index is 1.91. The average molecular weight is 373 g/mol. The Morgan fingerprint density at radius 3 is 2.65 bits per heavy atom. The van der Waals surface area contributed by atoms with E-state index in [9.17, 15) is 13.2 Å². The summed E-state index contributed by atoms with van der Waals surface area (Å²) < 4.78 is 46.6. The van der Waals surface area contributed by atoms with Crippen LogP contribution in [0.25, 0.3) is 0 Å². The second-order valence-corrected chi connectivity index (χ2v) is 6.33. The smallest absolute Gasteiger partial charge is 0.422 e. The highest BCUT2D eigenvalue weighted by Crippen LogP contribution is 2.19. The first kappa shape index (κ1) is 20.4. The molecule has 1 atom stereocenters. The Kier molecular flexibility index (Phi) is 7.56. The largest absolute Gasteiger partial charge is 0.484 e. The Morgan fingerprint density at radius 1 is 1.35 bits per heavy atom. The first-order chi connectivity index (χ1) is 12.4. The second kappa shape index (κ2) is 9.66. The number of hydrogen-bond donors (Lipinski definition) is 1. The van der Waals surface area contributed by atoms with Gasteiger partial charge >= 0.3 is 6.18 Å². The van der Waals surface area contributed by atoms with Crippen LogP contribution in [0.3, 0.4) is 0 Å². The first-order valence-corrected chi connectivity index (χ1v) is 8.73. The van der Waals surface area contributed by atoms with Crippen LogP contribution in [-0.4, -0.2) is 57.0 Å². The molecule has 1 aromatic rings. The third-order valence-electron chi connectivity index (χ3n) is 3.99. The SMILES string of the molecule is CCNC(=NCc1ccc(OCC(F)(F)F)cc1)N(C)CC1CCOC1. The summed E-state index contributed by atoms with van der Waals surface area (Å²) in [6.45, 7) is 4.38. The van der Waals surface area contributed by atoms with Gasteiger partial charge in [0.05, 0.1) is 13.2 Å². The van der Waals surface area contributed by atoms with Crippen molar-refractivity contribution in [1.82, 2.24) is 10.2 Å². The van der Waals surface area contributed by atoms with E-state index in [0.29, 0.717) is 12.5 Å². The molecule has 1 N–H and O–H groups in total.